The standard InChI is InChI=1S/C17H22N4/c1-2-3-6-11-20-17-15(12-19-13-21-17)10-9-14-7-4-5-8-16(14)18/h4-5,7-10,12-13H,2-3,6,11,18H2,1H3,(H,19,20,21). The second kappa shape index (κ2) is 8.04. The zero-order valence-corrected chi connectivity index (χ0v) is 12.4. The van der Waals surface area contributed by atoms with Gasteiger partial charge in [-0.3, -0.25) is 0 Å². The Morgan fingerprint density at radius 3 is 2.76 bits per heavy atom. The number of para-hydroxylation sites is 1. The first-order valence-electron chi connectivity index (χ1n) is 7.37. The van der Waals surface area contributed by atoms with Crippen molar-refractivity contribution in [1.29, 1.82) is 0 Å². The second-order valence-corrected chi connectivity index (χ2v) is 4.92. The molecule has 0 unspecified atom stereocenters. The van der Waals surface area contributed by atoms with Gasteiger partial charge in [-0.05, 0) is 24.1 Å². The number of nitrogens with one attached hydrogen (secondary N) is 1. The van der Waals surface area contributed by atoms with E-state index >= 15 is 0 Å². The molecule has 2 rings (SSSR count). The number of rotatable bonds is 7. The summed E-state index contributed by atoms with van der Waals surface area (Å²) < 4.78 is 0. The van der Waals surface area contributed by atoms with Crippen molar-refractivity contribution < 1.29 is 0 Å². The van der Waals surface area contributed by atoms with E-state index in [4.69, 9.17) is 5.73 Å². The predicted octanol–water partition coefficient (Wildman–Crippen LogP) is 3.83. The van der Waals surface area contributed by atoms with Gasteiger partial charge in [0.25, 0.3) is 0 Å². The highest BCUT2D eigenvalue weighted by Gasteiger charge is 2.00. The molecule has 0 radical (unpaired) electrons. The summed E-state index contributed by atoms with van der Waals surface area (Å²) in [6.07, 6.45) is 10.9. The van der Waals surface area contributed by atoms with E-state index in [-0.39, 0.29) is 0 Å². The van der Waals surface area contributed by atoms with Crippen LogP contribution in [-0.2, 0) is 0 Å². The summed E-state index contributed by atoms with van der Waals surface area (Å²) in [5.41, 5.74) is 8.67. The molecule has 0 aliphatic heterocycles. The van der Waals surface area contributed by atoms with Crippen LogP contribution in [0.15, 0.2) is 36.8 Å². The molecule has 0 spiro atoms. The highest BCUT2D eigenvalue weighted by molar-refractivity contribution is 5.78. The van der Waals surface area contributed by atoms with Gasteiger partial charge in [-0.25, -0.2) is 9.97 Å². The second-order valence-electron chi connectivity index (χ2n) is 4.92. The van der Waals surface area contributed by atoms with Crippen molar-refractivity contribution in [3.05, 3.63) is 47.9 Å². The van der Waals surface area contributed by atoms with E-state index in [1.54, 1.807) is 6.33 Å². The normalized spacial score (nSPS) is 10.9. The smallest absolute Gasteiger partial charge is 0.136 e. The van der Waals surface area contributed by atoms with E-state index in [0.717, 1.165) is 35.6 Å². The van der Waals surface area contributed by atoms with Gasteiger partial charge < -0.3 is 11.1 Å². The largest absolute Gasteiger partial charge is 0.398 e. The molecular formula is C17H22N4. The summed E-state index contributed by atoms with van der Waals surface area (Å²) in [5, 5.41) is 3.37. The van der Waals surface area contributed by atoms with Crippen molar-refractivity contribution in [3.8, 4) is 0 Å². The van der Waals surface area contributed by atoms with Gasteiger partial charge in [0.2, 0.25) is 0 Å². The third kappa shape index (κ3) is 4.60. The fraction of sp³-hybridized carbons (Fsp3) is 0.294. The van der Waals surface area contributed by atoms with Crippen molar-refractivity contribution in [2.24, 2.45) is 0 Å². The van der Waals surface area contributed by atoms with Crippen molar-refractivity contribution in [2.75, 3.05) is 17.6 Å². The van der Waals surface area contributed by atoms with Crippen LogP contribution < -0.4 is 11.1 Å². The maximum atomic E-state index is 5.94. The number of nitrogens with two attached hydrogens (primary N) is 1. The summed E-state index contributed by atoms with van der Waals surface area (Å²) in [6, 6.07) is 7.79. The average Bonchev–Trinajstić information content (AvgIpc) is 2.52. The molecular weight excluding hydrogens is 260 g/mol. The van der Waals surface area contributed by atoms with E-state index in [1.165, 1.54) is 12.8 Å². The van der Waals surface area contributed by atoms with Gasteiger partial charge in [-0.15, -0.1) is 0 Å². The van der Waals surface area contributed by atoms with Gasteiger partial charge in [-0.2, -0.15) is 0 Å². The highest BCUT2D eigenvalue weighted by Crippen LogP contribution is 2.17. The number of benzene rings is 1. The highest BCUT2D eigenvalue weighted by atomic mass is 15.0. The van der Waals surface area contributed by atoms with E-state index in [2.05, 4.69) is 22.2 Å². The van der Waals surface area contributed by atoms with Gasteiger partial charge in [0.15, 0.2) is 0 Å². The minimum atomic E-state index is 0.767. The van der Waals surface area contributed by atoms with Gasteiger partial charge in [0.05, 0.1) is 0 Å². The molecule has 1 aromatic heterocycles. The van der Waals surface area contributed by atoms with E-state index < -0.39 is 0 Å². The molecule has 0 fully saturated rings. The van der Waals surface area contributed by atoms with Crippen LogP contribution in [0.25, 0.3) is 12.2 Å². The Labute approximate surface area is 126 Å². The quantitative estimate of drug-likeness (QED) is 0.598. The first-order valence-corrected chi connectivity index (χ1v) is 7.37. The molecule has 2 aromatic rings. The molecule has 0 saturated carbocycles. The minimum Gasteiger partial charge on any atom is -0.398 e. The third-order valence-electron chi connectivity index (χ3n) is 3.25. The van der Waals surface area contributed by atoms with Crippen LogP contribution in [0, 0.1) is 0 Å². The lowest BCUT2D eigenvalue weighted by Crippen LogP contribution is -2.05. The fourth-order valence-electron chi connectivity index (χ4n) is 2.03. The molecule has 0 amide bonds. The van der Waals surface area contributed by atoms with Crippen LogP contribution in [0.5, 0.6) is 0 Å². The van der Waals surface area contributed by atoms with Gasteiger partial charge in [-0.1, -0.05) is 44.0 Å². The molecule has 0 aliphatic carbocycles. The van der Waals surface area contributed by atoms with Crippen molar-refractivity contribution in [1.82, 2.24) is 9.97 Å². The zero-order valence-electron chi connectivity index (χ0n) is 12.4. The third-order valence-corrected chi connectivity index (χ3v) is 3.25. The molecule has 1 heterocycles. The maximum Gasteiger partial charge on any atom is 0.136 e. The fourth-order valence-corrected chi connectivity index (χ4v) is 2.03. The lowest BCUT2D eigenvalue weighted by atomic mass is 10.1. The molecule has 110 valence electrons. The van der Waals surface area contributed by atoms with Crippen LogP contribution in [0.4, 0.5) is 11.5 Å². The maximum absolute atomic E-state index is 5.94. The topological polar surface area (TPSA) is 63.8 Å². The Bertz CT molecular complexity index is 593. The SMILES string of the molecule is CCCCCNc1ncncc1C=Cc1ccccc1N. The predicted molar refractivity (Wildman–Crippen MR) is 89.8 cm³/mol. The van der Waals surface area contributed by atoms with Crippen LogP contribution in [0.1, 0.15) is 37.3 Å². The van der Waals surface area contributed by atoms with Gasteiger partial charge >= 0.3 is 0 Å². The molecule has 1 aromatic carbocycles. The number of nitrogen functional groups attached to an aromatic ring is 1. The van der Waals surface area contributed by atoms with Crippen LogP contribution in [-0.4, -0.2) is 16.5 Å². The van der Waals surface area contributed by atoms with Gasteiger partial charge in [0.1, 0.15) is 12.1 Å². The molecule has 0 saturated heterocycles. The van der Waals surface area contributed by atoms with Crippen LogP contribution >= 0.6 is 0 Å². The van der Waals surface area contributed by atoms with Crippen molar-refractivity contribution in [2.45, 2.75) is 26.2 Å². The summed E-state index contributed by atoms with van der Waals surface area (Å²) in [7, 11) is 0. The molecule has 0 atom stereocenters. The number of hydrogen-bond acceptors (Lipinski definition) is 4. The lowest BCUT2D eigenvalue weighted by Gasteiger charge is -2.07. The summed E-state index contributed by atoms with van der Waals surface area (Å²) >= 11 is 0. The number of aromatic nitrogens is 2. The number of anilines is 2. The first-order chi connectivity index (χ1) is 10.3. The number of hydrogen-bond donors (Lipinski definition) is 2. The molecule has 0 bridgehead atoms. The number of unbranched alkanes of at least 4 members (excludes halogenated alkanes) is 2. The van der Waals surface area contributed by atoms with Crippen LogP contribution in [0.2, 0.25) is 0 Å². The van der Waals surface area contributed by atoms with E-state index in [1.807, 2.05) is 42.6 Å². The first kappa shape index (κ1) is 15.0. The molecule has 4 heteroatoms. The summed E-state index contributed by atoms with van der Waals surface area (Å²) in [6.45, 7) is 3.13. The van der Waals surface area contributed by atoms with Gasteiger partial charge in [0, 0.05) is 24.0 Å². The number of nitrogens with zero attached hydrogens (tertiary/aromatic N) is 2. The molecule has 4 nitrogen and oxygen atoms in total. The van der Waals surface area contributed by atoms with E-state index in [9.17, 15) is 0 Å². The Kier molecular flexibility index (Phi) is 5.76. The Morgan fingerprint density at radius 2 is 1.95 bits per heavy atom. The molecule has 21 heavy (non-hydrogen) atoms. The van der Waals surface area contributed by atoms with Crippen molar-refractivity contribution in [3.63, 3.8) is 0 Å². The Morgan fingerprint density at radius 1 is 1.14 bits per heavy atom. The average molecular weight is 282 g/mol. The Balaban J connectivity index is 2.07. The zero-order chi connectivity index (χ0) is 14.9. The van der Waals surface area contributed by atoms with E-state index in [0.29, 0.717) is 0 Å². The molecule has 3 N–H and O–H groups in total. The molecule has 0 aliphatic rings. The Hall–Kier alpha value is -2.36. The van der Waals surface area contributed by atoms with Crippen LogP contribution in [0.3, 0.4) is 0 Å². The summed E-state index contributed by atoms with van der Waals surface area (Å²) in [4.78, 5) is 8.40. The summed E-state index contributed by atoms with van der Waals surface area (Å²) in [5.74, 6) is 0.867. The minimum absolute atomic E-state index is 0.767. The lowest BCUT2D eigenvalue weighted by molar-refractivity contribution is 0.742. The van der Waals surface area contributed by atoms with Crippen molar-refractivity contribution >= 4 is 23.7 Å². The monoisotopic (exact) mass is 282 g/mol.